The second-order valence-electron chi connectivity index (χ2n) is 8.45. The van der Waals surface area contributed by atoms with Crippen molar-refractivity contribution in [3.05, 3.63) is 108 Å². The fourth-order valence-corrected chi connectivity index (χ4v) is 4.46. The first-order valence-electron chi connectivity index (χ1n) is 11.6. The van der Waals surface area contributed by atoms with Crippen LogP contribution in [0.15, 0.2) is 107 Å². The number of nitrogens with zero attached hydrogens (tertiary/aromatic N) is 6. The Balaban J connectivity index is 1.52. The zero-order valence-electron chi connectivity index (χ0n) is 19.0. The summed E-state index contributed by atoms with van der Waals surface area (Å²) in [5, 5.41) is 0. The Bertz CT molecular complexity index is 1070. The van der Waals surface area contributed by atoms with Crippen molar-refractivity contribution in [1.82, 2.24) is 19.6 Å². The molecule has 3 aliphatic heterocycles. The minimum Gasteiger partial charge on any atom is -0.358 e. The summed E-state index contributed by atoms with van der Waals surface area (Å²) in [6, 6.07) is 21.3. The third-order valence-electron chi connectivity index (χ3n) is 5.96. The van der Waals surface area contributed by atoms with Gasteiger partial charge in [0, 0.05) is 50.6 Å². The van der Waals surface area contributed by atoms with E-state index in [-0.39, 0.29) is 6.29 Å². The molecule has 0 N–H and O–H groups in total. The third kappa shape index (κ3) is 4.70. The lowest BCUT2D eigenvalue weighted by atomic mass is 10.1. The second kappa shape index (κ2) is 9.77. The molecule has 0 aromatic heterocycles. The third-order valence-corrected chi connectivity index (χ3v) is 5.96. The molecule has 168 valence electrons. The fourth-order valence-electron chi connectivity index (χ4n) is 4.46. The Hall–Kier alpha value is -3.80. The fraction of sp³-hybridized carbons (Fsp3) is 0.259. The molecule has 6 heteroatoms. The number of hydrogen-bond donors (Lipinski definition) is 0. The molecule has 0 bridgehead atoms. The van der Waals surface area contributed by atoms with Crippen molar-refractivity contribution in [3.8, 4) is 0 Å². The van der Waals surface area contributed by atoms with Gasteiger partial charge in [0.1, 0.15) is 0 Å². The molecule has 0 aliphatic carbocycles. The lowest BCUT2D eigenvalue weighted by Crippen LogP contribution is -2.46. The quantitative estimate of drug-likeness (QED) is 0.634. The molecule has 5 rings (SSSR count). The number of fused-ring (bicyclic) bond motifs is 1. The predicted molar refractivity (Wildman–Crippen MR) is 134 cm³/mol. The summed E-state index contributed by atoms with van der Waals surface area (Å²) in [4.78, 5) is 18.9. The maximum Gasteiger partial charge on any atom is 0.205 e. The molecule has 3 aliphatic rings. The van der Waals surface area contributed by atoms with Gasteiger partial charge in [-0.3, -0.25) is 4.99 Å². The average Bonchev–Trinajstić information content (AvgIpc) is 3.01. The second-order valence-corrected chi connectivity index (χ2v) is 8.45. The van der Waals surface area contributed by atoms with Crippen molar-refractivity contribution in [2.45, 2.75) is 32.7 Å². The molecule has 0 radical (unpaired) electrons. The molecule has 6 nitrogen and oxygen atoms in total. The van der Waals surface area contributed by atoms with E-state index >= 15 is 0 Å². The van der Waals surface area contributed by atoms with Gasteiger partial charge in [-0.05, 0) is 23.6 Å². The van der Waals surface area contributed by atoms with Crippen LogP contribution in [-0.2, 0) is 13.1 Å². The zero-order chi connectivity index (χ0) is 22.5. The highest BCUT2D eigenvalue weighted by Gasteiger charge is 2.38. The molecule has 0 saturated carbocycles. The minimum absolute atomic E-state index is 0.166. The summed E-state index contributed by atoms with van der Waals surface area (Å²) >= 11 is 0. The van der Waals surface area contributed by atoms with E-state index in [1.807, 2.05) is 24.7 Å². The number of amidine groups is 1. The van der Waals surface area contributed by atoms with Gasteiger partial charge in [0.2, 0.25) is 6.29 Å². The minimum atomic E-state index is -0.166. The van der Waals surface area contributed by atoms with Crippen LogP contribution in [0.2, 0.25) is 0 Å². The Morgan fingerprint density at radius 1 is 0.909 bits per heavy atom. The van der Waals surface area contributed by atoms with Gasteiger partial charge < -0.3 is 19.6 Å². The molecule has 2 aromatic carbocycles. The van der Waals surface area contributed by atoms with Crippen LogP contribution in [-0.4, -0.2) is 51.2 Å². The molecule has 0 amide bonds. The van der Waals surface area contributed by atoms with Crippen molar-refractivity contribution in [2.75, 3.05) is 13.2 Å². The van der Waals surface area contributed by atoms with Gasteiger partial charge in [-0.15, -0.1) is 0 Å². The summed E-state index contributed by atoms with van der Waals surface area (Å²) in [6.45, 7) is 5.70. The monoisotopic (exact) mass is 438 g/mol. The highest BCUT2D eigenvalue weighted by molar-refractivity contribution is 6.00. The van der Waals surface area contributed by atoms with E-state index in [0.717, 1.165) is 38.6 Å². The van der Waals surface area contributed by atoms with Crippen LogP contribution >= 0.6 is 0 Å². The van der Waals surface area contributed by atoms with Gasteiger partial charge >= 0.3 is 0 Å². The normalized spacial score (nSPS) is 19.5. The van der Waals surface area contributed by atoms with Gasteiger partial charge in [0.15, 0.2) is 5.84 Å². The van der Waals surface area contributed by atoms with E-state index in [1.165, 1.54) is 16.8 Å². The number of benzene rings is 2. The number of rotatable bonds is 7. The van der Waals surface area contributed by atoms with E-state index in [2.05, 4.69) is 98.4 Å². The largest absolute Gasteiger partial charge is 0.358 e. The molecule has 0 fully saturated rings. The standard InChI is InChI=1S/C27H30N6/c1-2-16-30-21-25-26(32(22-30)19-23-10-5-3-6-11-23)29-27(31-17-9-14-28-15-18-31)33(25)20-24-12-7-4-8-13-24/h3-15,17-18,21,27H,2,16,19-20,22H2,1H3. The van der Waals surface area contributed by atoms with Crippen molar-refractivity contribution >= 4 is 12.1 Å². The molecule has 0 saturated heterocycles. The highest BCUT2D eigenvalue weighted by atomic mass is 15.5. The smallest absolute Gasteiger partial charge is 0.205 e. The Labute approximate surface area is 196 Å². The molecule has 1 unspecified atom stereocenters. The van der Waals surface area contributed by atoms with Crippen LogP contribution in [0.4, 0.5) is 0 Å². The van der Waals surface area contributed by atoms with Crippen molar-refractivity contribution < 1.29 is 0 Å². The number of hydrogen-bond acceptors (Lipinski definition) is 6. The molecule has 2 aromatic rings. The zero-order valence-corrected chi connectivity index (χ0v) is 19.0. The van der Waals surface area contributed by atoms with Crippen molar-refractivity contribution in [3.63, 3.8) is 0 Å². The lowest BCUT2D eigenvalue weighted by Gasteiger charge is -2.38. The maximum atomic E-state index is 5.27. The number of allylic oxidation sites excluding steroid dienone is 1. The predicted octanol–water partition coefficient (Wildman–Crippen LogP) is 4.58. The molecular formula is C27H30N6. The van der Waals surface area contributed by atoms with E-state index in [4.69, 9.17) is 4.99 Å². The lowest BCUT2D eigenvalue weighted by molar-refractivity contribution is 0.157. The Kier molecular flexibility index (Phi) is 6.24. The van der Waals surface area contributed by atoms with E-state index in [1.54, 1.807) is 6.21 Å². The van der Waals surface area contributed by atoms with E-state index < -0.39 is 0 Å². The molecule has 0 spiro atoms. The first-order valence-corrected chi connectivity index (χ1v) is 11.6. The topological polar surface area (TPSA) is 37.7 Å². The molecule has 33 heavy (non-hydrogen) atoms. The SMILES string of the molecule is CCCN1C=C2C(=NC(N3C=CC=NC=C3)N2Cc2ccccc2)N(Cc2ccccc2)C1. The van der Waals surface area contributed by atoms with Crippen molar-refractivity contribution in [1.29, 1.82) is 0 Å². The maximum absolute atomic E-state index is 5.27. The van der Waals surface area contributed by atoms with Crippen LogP contribution in [0, 0.1) is 0 Å². The summed E-state index contributed by atoms with van der Waals surface area (Å²) in [5.74, 6) is 1.05. The Morgan fingerprint density at radius 2 is 1.64 bits per heavy atom. The van der Waals surface area contributed by atoms with Gasteiger partial charge in [-0.1, -0.05) is 67.6 Å². The van der Waals surface area contributed by atoms with Gasteiger partial charge in [0.05, 0.1) is 12.4 Å². The van der Waals surface area contributed by atoms with Crippen molar-refractivity contribution in [2.24, 2.45) is 9.98 Å². The van der Waals surface area contributed by atoms with Gasteiger partial charge in [-0.25, -0.2) is 4.99 Å². The van der Waals surface area contributed by atoms with Gasteiger partial charge in [-0.2, -0.15) is 0 Å². The molecule has 1 atom stereocenters. The van der Waals surface area contributed by atoms with Crippen LogP contribution < -0.4 is 0 Å². The van der Waals surface area contributed by atoms with Gasteiger partial charge in [0.25, 0.3) is 0 Å². The van der Waals surface area contributed by atoms with E-state index in [9.17, 15) is 0 Å². The summed E-state index contributed by atoms with van der Waals surface area (Å²) in [6.07, 6.45) is 12.9. The van der Waals surface area contributed by atoms with Crippen LogP contribution in [0.3, 0.4) is 0 Å². The van der Waals surface area contributed by atoms with Crippen LogP contribution in [0.1, 0.15) is 24.5 Å². The number of aliphatic imine (C=N–C) groups is 2. The van der Waals surface area contributed by atoms with Crippen LogP contribution in [0.25, 0.3) is 0 Å². The summed E-state index contributed by atoms with van der Waals surface area (Å²) in [7, 11) is 0. The Morgan fingerprint density at radius 3 is 2.36 bits per heavy atom. The van der Waals surface area contributed by atoms with Crippen LogP contribution in [0.5, 0.6) is 0 Å². The van der Waals surface area contributed by atoms with E-state index in [0.29, 0.717) is 0 Å². The molecular weight excluding hydrogens is 408 g/mol. The molecule has 3 heterocycles. The summed E-state index contributed by atoms with van der Waals surface area (Å²) in [5.41, 5.74) is 3.73. The first-order chi connectivity index (χ1) is 16.3. The highest BCUT2D eigenvalue weighted by Crippen LogP contribution is 2.32. The first kappa shape index (κ1) is 21.1. The average molecular weight is 439 g/mol. The summed E-state index contributed by atoms with van der Waals surface area (Å²) < 4.78 is 0.